The number of nitrogens with one attached hydrogen (secondary N) is 2. The minimum absolute atomic E-state index is 0.0580. The monoisotopic (exact) mass is 454 g/mol. The van der Waals surface area contributed by atoms with Gasteiger partial charge in [-0.3, -0.25) is 10.1 Å². The summed E-state index contributed by atoms with van der Waals surface area (Å²) in [5.74, 6) is 0.901. The third-order valence-electron chi connectivity index (χ3n) is 5.59. The Kier molecular flexibility index (Phi) is 6.01. The van der Waals surface area contributed by atoms with Crippen LogP contribution in [0.5, 0.6) is 0 Å². The Morgan fingerprint density at radius 1 is 1.12 bits per heavy atom. The topological polar surface area (TPSA) is 114 Å². The summed E-state index contributed by atoms with van der Waals surface area (Å²) in [5, 5.41) is 9.82. The number of sulfone groups is 1. The van der Waals surface area contributed by atoms with Gasteiger partial charge in [0.05, 0.1) is 17.9 Å². The van der Waals surface area contributed by atoms with Gasteiger partial charge in [0.2, 0.25) is 11.8 Å². The Morgan fingerprint density at radius 2 is 1.84 bits per heavy atom. The third-order valence-corrected chi connectivity index (χ3v) is 6.53. The molecule has 0 saturated heterocycles. The van der Waals surface area contributed by atoms with Crippen molar-refractivity contribution in [2.24, 2.45) is 0 Å². The molecule has 1 aliphatic rings. The highest BCUT2D eigenvalue weighted by Gasteiger charge is 2.42. The van der Waals surface area contributed by atoms with Crippen LogP contribution in [0.25, 0.3) is 11.1 Å². The number of carbonyl (C=O) groups excluding carboxylic acids is 1. The predicted molar refractivity (Wildman–Crippen MR) is 123 cm³/mol. The Bertz CT molecular complexity index is 1200. The fraction of sp³-hybridized carbons (Fsp3) is 0.348. The van der Waals surface area contributed by atoms with E-state index in [9.17, 15) is 13.2 Å². The molecule has 1 saturated carbocycles. The first-order valence-corrected chi connectivity index (χ1v) is 12.5. The van der Waals surface area contributed by atoms with Gasteiger partial charge in [-0.25, -0.2) is 13.4 Å². The number of pyridine rings is 1. The number of aromatic nitrogens is 2. The fourth-order valence-electron chi connectivity index (χ4n) is 3.28. The van der Waals surface area contributed by atoms with E-state index in [0.29, 0.717) is 18.2 Å². The van der Waals surface area contributed by atoms with Crippen molar-refractivity contribution in [1.29, 1.82) is 0 Å². The molecule has 8 nitrogen and oxygen atoms in total. The van der Waals surface area contributed by atoms with E-state index in [4.69, 9.17) is 4.52 Å². The van der Waals surface area contributed by atoms with Crippen molar-refractivity contribution in [2.75, 3.05) is 29.2 Å². The van der Waals surface area contributed by atoms with E-state index < -0.39 is 9.84 Å². The van der Waals surface area contributed by atoms with Gasteiger partial charge >= 0.3 is 0 Å². The van der Waals surface area contributed by atoms with Crippen molar-refractivity contribution in [3.05, 3.63) is 59.9 Å². The minimum atomic E-state index is -3.01. The van der Waals surface area contributed by atoms with Gasteiger partial charge in [-0.05, 0) is 36.1 Å². The average Bonchev–Trinajstić information content (AvgIpc) is 3.31. The van der Waals surface area contributed by atoms with Crippen molar-refractivity contribution < 1.29 is 17.7 Å². The van der Waals surface area contributed by atoms with Crippen LogP contribution in [0, 0.1) is 0 Å². The van der Waals surface area contributed by atoms with Crippen LogP contribution in [0.3, 0.4) is 0 Å². The van der Waals surface area contributed by atoms with E-state index >= 15 is 0 Å². The summed E-state index contributed by atoms with van der Waals surface area (Å²) in [5.41, 5.74) is 3.77. The van der Waals surface area contributed by atoms with Crippen LogP contribution in [0.4, 0.5) is 11.7 Å². The van der Waals surface area contributed by atoms with Gasteiger partial charge < -0.3 is 9.84 Å². The molecule has 2 heterocycles. The summed E-state index contributed by atoms with van der Waals surface area (Å²) in [6.45, 7) is 2.45. The number of anilines is 2. The Labute approximate surface area is 187 Å². The molecule has 32 heavy (non-hydrogen) atoms. The fourth-order valence-corrected chi connectivity index (χ4v) is 3.75. The van der Waals surface area contributed by atoms with E-state index in [-0.39, 0.29) is 23.5 Å². The maximum absolute atomic E-state index is 12.3. The lowest BCUT2D eigenvalue weighted by Crippen LogP contribution is -2.14. The van der Waals surface area contributed by atoms with Crippen molar-refractivity contribution >= 4 is 27.4 Å². The lowest BCUT2D eigenvalue weighted by molar-refractivity contribution is -0.115. The molecule has 1 amide bonds. The Morgan fingerprint density at radius 3 is 2.47 bits per heavy atom. The SMILES string of the molecule is CC1(c2cc(NC(=O)Cc3ccc(-c4ccc(NCCS(C)(=O)=O)nc4)cc3)on2)CC1. The first-order valence-electron chi connectivity index (χ1n) is 10.4. The highest BCUT2D eigenvalue weighted by molar-refractivity contribution is 7.90. The number of hydrogen-bond donors (Lipinski definition) is 2. The Hall–Kier alpha value is -3.20. The maximum Gasteiger partial charge on any atom is 0.231 e. The van der Waals surface area contributed by atoms with Gasteiger partial charge in [0.1, 0.15) is 15.7 Å². The zero-order valence-electron chi connectivity index (χ0n) is 18.1. The van der Waals surface area contributed by atoms with Gasteiger partial charge in [0.15, 0.2) is 0 Å². The molecule has 0 radical (unpaired) electrons. The van der Waals surface area contributed by atoms with Crippen LogP contribution in [0.15, 0.2) is 53.2 Å². The van der Waals surface area contributed by atoms with Gasteiger partial charge in [0.25, 0.3) is 0 Å². The highest BCUT2D eigenvalue weighted by Crippen LogP contribution is 2.47. The number of rotatable bonds is 9. The molecule has 1 aliphatic carbocycles. The molecule has 168 valence electrons. The third kappa shape index (κ3) is 5.73. The number of hydrogen-bond acceptors (Lipinski definition) is 7. The van der Waals surface area contributed by atoms with Crippen LogP contribution in [-0.4, -0.2) is 43.0 Å². The van der Waals surface area contributed by atoms with Gasteiger partial charge in [-0.15, -0.1) is 0 Å². The van der Waals surface area contributed by atoms with E-state index in [1.165, 1.54) is 6.26 Å². The summed E-state index contributed by atoms with van der Waals surface area (Å²) in [7, 11) is -3.01. The molecule has 3 aromatic rings. The van der Waals surface area contributed by atoms with E-state index in [1.807, 2.05) is 36.4 Å². The normalized spacial score (nSPS) is 14.7. The first kappa shape index (κ1) is 22.0. The van der Waals surface area contributed by atoms with Crippen molar-refractivity contribution in [1.82, 2.24) is 10.1 Å². The second-order valence-corrected chi connectivity index (χ2v) is 10.8. The molecular weight excluding hydrogens is 428 g/mol. The minimum Gasteiger partial charge on any atom is -0.369 e. The molecule has 1 aromatic carbocycles. The molecule has 0 atom stereocenters. The molecule has 0 unspecified atom stereocenters. The number of amides is 1. The molecule has 4 rings (SSSR count). The molecule has 2 aromatic heterocycles. The van der Waals surface area contributed by atoms with Gasteiger partial charge in [-0.1, -0.05) is 36.3 Å². The lowest BCUT2D eigenvalue weighted by atomic mass is 10.0. The van der Waals surface area contributed by atoms with Crippen LogP contribution in [-0.2, 0) is 26.5 Å². The van der Waals surface area contributed by atoms with E-state index in [0.717, 1.165) is 35.2 Å². The maximum atomic E-state index is 12.3. The van der Waals surface area contributed by atoms with E-state index in [1.54, 1.807) is 12.3 Å². The van der Waals surface area contributed by atoms with Crippen LogP contribution < -0.4 is 10.6 Å². The summed E-state index contributed by atoms with van der Waals surface area (Å²) >= 11 is 0. The Balaban J connectivity index is 1.30. The molecule has 9 heteroatoms. The molecule has 0 aliphatic heterocycles. The summed E-state index contributed by atoms with van der Waals surface area (Å²) in [6.07, 6.45) is 5.35. The van der Waals surface area contributed by atoms with Gasteiger partial charge in [0, 0.05) is 36.0 Å². The molecule has 1 fully saturated rings. The van der Waals surface area contributed by atoms with Crippen molar-refractivity contribution in [3.63, 3.8) is 0 Å². The summed E-state index contributed by atoms with van der Waals surface area (Å²) < 4.78 is 27.6. The van der Waals surface area contributed by atoms with Crippen molar-refractivity contribution in [3.8, 4) is 11.1 Å². The predicted octanol–water partition coefficient (Wildman–Crippen LogP) is 3.43. The van der Waals surface area contributed by atoms with Gasteiger partial charge in [-0.2, -0.15) is 0 Å². The van der Waals surface area contributed by atoms with Crippen LogP contribution in [0.2, 0.25) is 0 Å². The zero-order valence-corrected chi connectivity index (χ0v) is 18.9. The molecular formula is C23H26N4O4S. The van der Waals surface area contributed by atoms with Crippen LogP contribution in [0.1, 0.15) is 31.0 Å². The number of carbonyl (C=O) groups is 1. The number of benzene rings is 1. The summed E-state index contributed by atoms with van der Waals surface area (Å²) in [4.78, 5) is 16.7. The summed E-state index contributed by atoms with van der Waals surface area (Å²) in [6, 6.07) is 13.2. The largest absolute Gasteiger partial charge is 0.369 e. The average molecular weight is 455 g/mol. The smallest absolute Gasteiger partial charge is 0.231 e. The van der Waals surface area contributed by atoms with Crippen LogP contribution >= 0.6 is 0 Å². The second kappa shape index (κ2) is 8.74. The molecule has 2 N–H and O–H groups in total. The number of nitrogens with zero attached hydrogens (tertiary/aromatic N) is 2. The highest BCUT2D eigenvalue weighted by atomic mass is 32.2. The molecule has 0 bridgehead atoms. The zero-order chi connectivity index (χ0) is 22.8. The lowest BCUT2D eigenvalue weighted by Gasteiger charge is -2.07. The molecule has 0 spiro atoms. The second-order valence-electron chi connectivity index (χ2n) is 8.55. The van der Waals surface area contributed by atoms with Crippen molar-refractivity contribution in [2.45, 2.75) is 31.6 Å². The standard InChI is InChI=1S/C23H26N4O4S/c1-23(9-10-23)19-14-22(31-27-19)26-21(28)13-16-3-5-17(6-4-16)18-7-8-20(25-15-18)24-11-12-32(2,29)30/h3-8,14-15H,9-13H2,1-2H3,(H,24,25)(H,26,28). The quantitative estimate of drug-likeness (QED) is 0.509. The first-order chi connectivity index (χ1) is 15.2. The van der Waals surface area contributed by atoms with E-state index in [2.05, 4.69) is 27.7 Å².